The quantitative estimate of drug-likeness (QED) is 0.267. The maximum atomic E-state index is 13.1. The molecule has 8 nitrogen and oxygen atoms in total. The number of anilines is 2. The molecule has 33 heavy (non-hydrogen) atoms. The lowest BCUT2D eigenvalue weighted by molar-refractivity contribution is 0.0513. The number of benzene rings is 2. The molecule has 0 saturated heterocycles. The molecule has 2 aromatic rings. The lowest BCUT2D eigenvalue weighted by Gasteiger charge is -2.15. The summed E-state index contributed by atoms with van der Waals surface area (Å²) in [6.45, 7) is 6.26. The van der Waals surface area contributed by atoms with Crippen LogP contribution in [0.25, 0.3) is 0 Å². The molecule has 0 aromatic heterocycles. The van der Waals surface area contributed by atoms with Crippen LogP contribution in [0.15, 0.2) is 36.4 Å². The number of para-hydroxylation sites is 1. The first kappa shape index (κ1) is 25.7. The number of hydrogen-bond acceptors (Lipinski definition) is 7. The van der Waals surface area contributed by atoms with Crippen molar-refractivity contribution in [1.82, 2.24) is 0 Å². The molecular weight excluding hydrogens is 424 g/mol. The predicted molar refractivity (Wildman–Crippen MR) is 127 cm³/mol. The Morgan fingerprint density at radius 1 is 0.848 bits per heavy atom. The van der Waals surface area contributed by atoms with Crippen molar-refractivity contribution in [1.29, 1.82) is 0 Å². The number of unbranched alkanes of at least 4 members (excludes halogenated alkanes) is 3. The van der Waals surface area contributed by atoms with Crippen molar-refractivity contribution in [3.05, 3.63) is 53.1 Å². The Balaban J connectivity index is 2.33. The van der Waals surface area contributed by atoms with E-state index >= 15 is 0 Å². The molecule has 0 radical (unpaired) electrons. The zero-order chi connectivity index (χ0) is 24.2. The average Bonchev–Trinajstić information content (AvgIpc) is 2.80. The number of esters is 2. The molecule has 0 aliphatic carbocycles. The van der Waals surface area contributed by atoms with Crippen LogP contribution < -0.4 is 15.8 Å². The second kappa shape index (κ2) is 13.1. The molecule has 0 saturated carbocycles. The van der Waals surface area contributed by atoms with Gasteiger partial charge in [0.2, 0.25) is 0 Å². The SMILES string of the molecule is CCCCCCOc1ccccc1C(=O)Nc1cc(C(=O)OCC)c(N)cc1C(=O)OCC. The fourth-order valence-corrected chi connectivity index (χ4v) is 3.16. The van der Waals surface area contributed by atoms with E-state index in [4.69, 9.17) is 19.9 Å². The molecule has 0 bridgehead atoms. The standard InChI is InChI=1S/C25H32N2O6/c1-4-7-8-11-14-33-22-13-10-9-12-17(22)23(28)27-21-16-18(24(29)31-5-2)20(26)15-19(21)25(30)32-6-3/h9-10,12-13,15-16H,4-8,11,14,26H2,1-3H3,(H,27,28). The fraction of sp³-hybridized carbons (Fsp3) is 0.400. The van der Waals surface area contributed by atoms with Gasteiger partial charge in [-0.2, -0.15) is 0 Å². The normalized spacial score (nSPS) is 10.4. The second-order valence-electron chi connectivity index (χ2n) is 7.29. The first-order valence-electron chi connectivity index (χ1n) is 11.2. The summed E-state index contributed by atoms with van der Waals surface area (Å²) in [6.07, 6.45) is 4.19. The summed E-state index contributed by atoms with van der Waals surface area (Å²) >= 11 is 0. The van der Waals surface area contributed by atoms with Gasteiger partial charge >= 0.3 is 11.9 Å². The average molecular weight is 457 g/mol. The summed E-state index contributed by atoms with van der Waals surface area (Å²) in [5, 5.41) is 2.70. The second-order valence-corrected chi connectivity index (χ2v) is 7.29. The van der Waals surface area contributed by atoms with E-state index in [0.29, 0.717) is 17.9 Å². The van der Waals surface area contributed by atoms with Gasteiger partial charge < -0.3 is 25.3 Å². The van der Waals surface area contributed by atoms with Gasteiger partial charge in [0.25, 0.3) is 5.91 Å². The molecule has 178 valence electrons. The van der Waals surface area contributed by atoms with Gasteiger partial charge in [-0.25, -0.2) is 9.59 Å². The molecule has 1 amide bonds. The third-order valence-corrected chi connectivity index (χ3v) is 4.82. The Morgan fingerprint density at radius 2 is 1.52 bits per heavy atom. The van der Waals surface area contributed by atoms with Gasteiger partial charge in [-0.05, 0) is 44.5 Å². The maximum absolute atomic E-state index is 13.1. The van der Waals surface area contributed by atoms with Crippen molar-refractivity contribution in [2.45, 2.75) is 46.5 Å². The molecule has 2 aromatic carbocycles. The summed E-state index contributed by atoms with van der Waals surface area (Å²) in [5.41, 5.74) is 6.49. The first-order valence-corrected chi connectivity index (χ1v) is 11.2. The Bertz CT molecular complexity index is 973. The minimum Gasteiger partial charge on any atom is -0.493 e. The highest BCUT2D eigenvalue weighted by Crippen LogP contribution is 2.27. The zero-order valence-electron chi connectivity index (χ0n) is 19.4. The van der Waals surface area contributed by atoms with Crippen molar-refractivity contribution in [3.63, 3.8) is 0 Å². The predicted octanol–water partition coefficient (Wildman–Crippen LogP) is 4.83. The number of ether oxygens (including phenoxy) is 3. The van der Waals surface area contributed by atoms with Crippen molar-refractivity contribution >= 4 is 29.2 Å². The minimum atomic E-state index is -0.671. The smallest absolute Gasteiger partial charge is 0.340 e. The minimum absolute atomic E-state index is 0.0358. The van der Waals surface area contributed by atoms with Crippen LogP contribution in [0.5, 0.6) is 5.75 Å². The number of carbonyl (C=O) groups excluding carboxylic acids is 3. The maximum Gasteiger partial charge on any atom is 0.340 e. The van der Waals surface area contributed by atoms with Crippen LogP contribution in [0, 0.1) is 0 Å². The fourth-order valence-electron chi connectivity index (χ4n) is 3.16. The summed E-state index contributed by atoms with van der Waals surface area (Å²) in [5.74, 6) is -1.39. The van der Waals surface area contributed by atoms with E-state index in [1.54, 1.807) is 38.1 Å². The van der Waals surface area contributed by atoms with E-state index in [1.807, 2.05) is 0 Å². The molecule has 0 unspecified atom stereocenters. The van der Waals surface area contributed by atoms with Gasteiger partial charge in [0, 0.05) is 5.69 Å². The molecule has 0 atom stereocenters. The molecule has 3 N–H and O–H groups in total. The Kier molecular flexibility index (Phi) is 10.2. The van der Waals surface area contributed by atoms with Crippen molar-refractivity contribution < 1.29 is 28.6 Å². The lowest BCUT2D eigenvalue weighted by atomic mass is 10.1. The molecule has 2 rings (SSSR count). The van der Waals surface area contributed by atoms with E-state index in [1.165, 1.54) is 12.1 Å². The summed E-state index contributed by atoms with van der Waals surface area (Å²) in [6, 6.07) is 9.47. The molecule has 0 aliphatic rings. The topological polar surface area (TPSA) is 117 Å². The van der Waals surface area contributed by atoms with Crippen molar-refractivity contribution in [2.75, 3.05) is 30.9 Å². The number of nitrogens with one attached hydrogen (secondary N) is 1. The van der Waals surface area contributed by atoms with Gasteiger partial charge in [-0.3, -0.25) is 4.79 Å². The first-order chi connectivity index (χ1) is 15.9. The van der Waals surface area contributed by atoms with Crippen LogP contribution in [-0.2, 0) is 9.47 Å². The van der Waals surface area contributed by atoms with Crippen LogP contribution in [0.4, 0.5) is 11.4 Å². The number of hydrogen-bond donors (Lipinski definition) is 2. The van der Waals surface area contributed by atoms with E-state index in [2.05, 4.69) is 12.2 Å². The van der Waals surface area contributed by atoms with Crippen LogP contribution in [0.3, 0.4) is 0 Å². The van der Waals surface area contributed by atoms with E-state index in [0.717, 1.165) is 25.7 Å². The Hall–Kier alpha value is -3.55. The molecule has 8 heteroatoms. The van der Waals surface area contributed by atoms with E-state index in [9.17, 15) is 14.4 Å². The summed E-state index contributed by atoms with van der Waals surface area (Å²) in [7, 11) is 0. The number of nitrogen functional groups attached to an aromatic ring is 1. The lowest BCUT2D eigenvalue weighted by Crippen LogP contribution is -2.19. The molecule has 0 spiro atoms. The third-order valence-electron chi connectivity index (χ3n) is 4.82. The van der Waals surface area contributed by atoms with Gasteiger partial charge in [0.15, 0.2) is 0 Å². The van der Waals surface area contributed by atoms with Gasteiger partial charge in [0.1, 0.15) is 5.75 Å². The number of nitrogens with two attached hydrogens (primary N) is 1. The third kappa shape index (κ3) is 7.24. The largest absolute Gasteiger partial charge is 0.493 e. The van der Waals surface area contributed by atoms with Crippen LogP contribution in [-0.4, -0.2) is 37.7 Å². The highest BCUT2D eigenvalue weighted by Gasteiger charge is 2.22. The van der Waals surface area contributed by atoms with Crippen molar-refractivity contribution in [2.24, 2.45) is 0 Å². The molecule has 0 fully saturated rings. The zero-order valence-corrected chi connectivity index (χ0v) is 19.4. The summed E-state index contributed by atoms with van der Waals surface area (Å²) in [4.78, 5) is 37.8. The summed E-state index contributed by atoms with van der Waals surface area (Å²) < 4.78 is 15.9. The van der Waals surface area contributed by atoms with Crippen LogP contribution >= 0.6 is 0 Å². The Labute approximate surface area is 194 Å². The monoisotopic (exact) mass is 456 g/mol. The van der Waals surface area contributed by atoms with Crippen molar-refractivity contribution in [3.8, 4) is 5.75 Å². The van der Waals surface area contributed by atoms with Crippen LogP contribution in [0.1, 0.15) is 77.5 Å². The highest BCUT2D eigenvalue weighted by atomic mass is 16.5. The van der Waals surface area contributed by atoms with Gasteiger partial charge in [-0.15, -0.1) is 0 Å². The Morgan fingerprint density at radius 3 is 2.18 bits per heavy atom. The van der Waals surface area contributed by atoms with E-state index < -0.39 is 17.8 Å². The highest BCUT2D eigenvalue weighted by molar-refractivity contribution is 6.11. The molecular formula is C25H32N2O6. The van der Waals surface area contributed by atoms with Gasteiger partial charge in [-0.1, -0.05) is 38.3 Å². The molecule has 0 heterocycles. The number of amides is 1. The number of rotatable bonds is 12. The van der Waals surface area contributed by atoms with Gasteiger partial charge in [0.05, 0.1) is 42.2 Å². The molecule has 0 aliphatic heterocycles. The van der Waals surface area contributed by atoms with E-state index in [-0.39, 0.29) is 35.7 Å². The number of carbonyl (C=O) groups is 3. The van der Waals surface area contributed by atoms with Crippen LogP contribution in [0.2, 0.25) is 0 Å².